The van der Waals surface area contributed by atoms with Gasteiger partial charge in [0.05, 0.1) is 16.7 Å². The number of halogens is 3. The van der Waals surface area contributed by atoms with Crippen molar-refractivity contribution in [2.75, 3.05) is 0 Å². The highest BCUT2D eigenvalue weighted by atomic mass is 19.4. The van der Waals surface area contributed by atoms with E-state index in [9.17, 15) is 18.0 Å². The van der Waals surface area contributed by atoms with Crippen molar-refractivity contribution in [3.63, 3.8) is 0 Å². The molecule has 0 spiro atoms. The Morgan fingerprint density at radius 3 is 2.55 bits per heavy atom. The van der Waals surface area contributed by atoms with E-state index in [4.69, 9.17) is 20.4 Å². The Bertz CT molecular complexity index is 671. The van der Waals surface area contributed by atoms with Crippen LogP contribution in [0.25, 0.3) is 0 Å². The number of hydrogen-bond acceptors (Lipinski definition) is 3. The van der Waals surface area contributed by atoms with Gasteiger partial charge in [0, 0.05) is 6.20 Å². The molecule has 22 heavy (non-hydrogen) atoms. The molecule has 1 heterocycles. The Morgan fingerprint density at radius 1 is 1.23 bits per heavy atom. The van der Waals surface area contributed by atoms with Crippen molar-refractivity contribution in [2.24, 2.45) is 0 Å². The fourth-order valence-electron chi connectivity index (χ4n) is 1.87. The van der Waals surface area contributed by atoms with Crippen LogP contribution in [0.15, 0.2) is 36.5 Å². The smallest absolute Gasteiger partial charge is 0.408 e. The average molecular weight is 304 g/mol. The normalized spacial score (nSPS) is 12.1. The number of para-hydroxylation sites is 1. The van der Waals surface area contributed by atoms with Crippen molar-refractivity contribution < 1.29 is 22.7 Å². The van der Waals surface area contributed by atoms with Crippen LogP contribution in [0, 0.1) is 0 Å². The van der Waals surface area contributed by atoms with Crippen LogP contribution in [0.1, 0.15) is 16.1 Å². The second-order valence-electron chi connectivity index (χ2n) is 4.54. The number of carbonyl (C=O) groups excluding carboxylic acids is 1. The van der Waals surface area contributed by atoms with Gasteiger partial charge in [-0.1, -0.05) is 12.1 Å². The maximum atomic E-state index is 12.5. The quantitative estimate of drug-likeness (QED) is 0.625. The van der Waals surface area contributed by atoms with Crippen molar-refractivity contribution in [1.82, 2.24) is 9.78 Å². The van der Waals surface area contributed by atoms with E-state index in [0.717, 1.165) is 6.20 Å². The second-order valence-corrected chi connectivity index (χ2v) is 4.54. The largest absolute Gasteiger partial charge is 0.500 e. The number of rotatable bonds is 5. The van der Waals surface area contributed by atoms with Gasteiger partial charge in [-0.05, 0) is 18.2 Å². The number of alkyl halides is 3. The lowest BCUT2D eigenvalue weighted by molar-refractivity contribution is -0.143. The van der Waals surface area contributed by atoms with E-state index in [-0.39, 0.29) is 17.0 Å². The first kappa shape index (κ1) is 16.2. The molecule has 0 aliphatic carbocycles. The Labute approximate surface area is 127 Å². The summed E-state index contributed by atoms with van der Waals surface area (Å²) in [4.78, 5) is 10.9. The van der Waals surface area contributed by atoms with E-state index in [1.165, 1.54) is 18.2 Å². The van der Waals surface area contributed by atoms with Crippen LogP contribution in [0.4, 0.5) is 13.2 Å². The molecule has 1 aromatic heterocycles. The van der Waals surface area contributed by atoms with Gasteiger partial charge in [-0.3, -0.25) is 9.48 Å². The first-order chi connectivity index (χ1) is 10.2. The van der Waals surface area contributed by atoms with Gasteiger partial charge in [0.2, 0.25) is 0 Å². The van der Waals surface area contributed by atoms with E-state index in [1.54, 1.807) is 12.1 Å². The van der Waals surface area contributed by atoms with Gasteiger partial charge in [0.25, 0.3) is 0 Å². The highest BCUT2D eigenvalue weighted by molar-refractivity contribution is 6.38. The molecule has 0 saturated carbocycles. The third kappa shape index (κ3) is 3.72. The highest BCUT2D eigenvalue weighted by Gasteiger charge is 2.33. The van der Waals surface area contributed by atoms with Gasteiger partial charge < -0.3 is 4.74 Å². The maximum Gasteiger partial charge on any atom is 0.408 e. The topological polar surface area (TPSA) is 44.1 Å². The van der Waals surface area contributed by atoms with Crippen molar-refractivity contribution in [2.45, 2.75) is 18.1 Å². The van der Waals surface area contributed by atoms with Gasteiger partial charge in [-0.2, -0.15) is 18.3 Å². The van der Waals surface area contributed by atoms with E-state index >= 15 is 0 Å². The lowest BCUT2D eigenvalue weighted by Crippen LogP contribution is -2.38. The summed E-state index contributed by atoms with van der Waals surface area (Å²) in [5, 5.41) is 1.46. The first-order valence-electron chi connectivity index (χ1n) is 6.13. The predicted octanol–water partition coefficient (Wildman–Crippen LogP) is 1.78. The SMILES string of the molecule is [B]C([B])(Oc1ccccc1C=O)c1ccnn1CC(F)(F)F. The van der Waals surface area contributed by atoms with E-state index in [2.05, 4.69) is 5.10 Å². The van der Waals surface area contributed by atoms with Crippen molar-refractivity contribution in [1.29, 1.82) is 0 Å². The van der Waals surface area contributed by atoms with Crippen LogP contribution in [-0.2, 0) is 11.9 Å². The van der Waals surface area contributed by atoms with Gasteiger partial charge in [-0.15, -0.1) is 0 Å². The molecule has 0 amide bonds. The number of aldehydes is 1. The zero-order valence-corrected chi connectivity index (χ0v) is 11.2. The third-order valence-corrected chi connectivity index (χ3v) is 2.77. The summed E-state index contributed by atoms with van der Waals surface area (Å²) in [6.45, 7) is -1.36. The van der Waals surface area contributed by atoms with Crippen molar-refractivity contribution in [3.8, 4) is 5.75 Å². The molecule has 4 radical (unpaired) electrons. The van der Waals surface area contributed by atoms with Crippen molar-refractivity contribution in [3.05, 3.63) is 47.8 Å². The van der Waals surface area contributed by atoms with E-state index in [1.807, 2.05) is 0 Å². The summed E-state index contributed by atoms with van der Waals surface area (Å²) < 4.78 is 43.4. The van der Waals surface area contributed by atoms with Crippen LogP contribution < -0.4 is 4.74 Å². The number of ether oxygens (including phenoxy) is 1. The van der Waals surface area contributed by atoms with Crippen molar-refractivity contribution >= 4 is 22.0 Å². The standard InChI is InChI=1S/C13H9B2F3N2O2/c14-13(15,22-10-4-2-1-3-9(10)7-21)11-5-6-19-20(11)8-12(16,17)18/h1-7H,8H2. The molecule has 0 fully saturated rings. The molecule has 0 saturated heterocycles. The van der Waals surface area contributed by atoms with E-state index in [0.29, 0.717) is 11.0 Å². The Hall–Kier alpha value is -2.18. The number of hydrogen-bond donors (Lipinski definition) is 0. The summed E-state index contributed by atoms with van der Waals surface area (Å²) in [6.07, 6.45) is -2.83. The molecule has 110 valence electrons. The molecule has 1 aromatic carbocycles. The fraction of sp³-hybridized carbons (Fsp3) is 0.231. The van der Waals surface area contributed by atoms with Crippen LogP contribution >= 0.6 is 0 Å². The Morgan fingerprint density at radius 2 is 1.91 bits per heavy atom. The van der Waals surface area contributed by atoms with Crippen LogP contribution in [-0.4, -0.2) is 37.9 Å². The number of benzene rings is 1. The minimum Gasteiger partial charge on any atom is -0.500 e. The first-order valence-corrected chi connectivity index (χ1v) is 6.13. The lowest BCUT2D eigenvalue weighted by Gasteiger charge is -2.29. The molecule has 2 aromatic rings. The molecule has 0 unspecified atom stereocenters. The zero-order valence-electron chi connectivity index (χ0n) is 11.2. The summed E-state index contributed by atoms with van der Waals surface area (Å²) in [5.41, 5.74) is -0.00445. The molecule has 9 heteroatoms. The zero-order chi connectivity index (χ0) is 16.4. The van der Waals surface area contributed by atoms with E-state index < -0.39 is 18.1 Å². The molecule has 0 atom stereocenters. The minimum absolute atomic E-state index is 0.0576. The molecule has 0 N–H and O–H groups in total. The molecule has 0 bridgehead atoms. The molecular formula is C13H9B2F3N2O2. The second kappa shape index (κ2) is 5.90. The highest BCUT2D eigenvalue weighted by Crippen LogP contribution is 2.27. The van der Waals surface area contributed by atoms with Crippen LogP contribution in [0.5, 0.6) is 5.75 Å². The van der Waals surface area contributed by atoms with Crippen LogP contribution in [0.3, 0.4) is 0 Å². The van der Waals surface area contributed by atoms with Gasteiger partial charge >= 0.3 is 6.18 Å². The molecule has 0 aliphatic heterocycles. The summed E-state index contributed by atoms with van der Waals surface area (Å²) >= 11 is 0. The number of carbonyl (C=O) groups is 1. The fourth-order valence-corrected chi connectivity index (χ4v) is 1.87. The molecule has 0 aliphatic rings. The molecular weight excluding hydrogens is 295 g/mol. The molecule has 4 nitrogen and oxygen atoms in total. The monoisotopic (exact) mass is 304 g/mol. The van der Waals surface area contributed by atoms with Gasteiger partial charge in [0.1, 0.15) is 28.0 Å². The summed E-state index contributed by atoms with van der Waals surface area (Å²) in [7, 11) is 11.5. The minimum atomic E-state index is -4.49. The van der Waals surface area contributed by atoms with Crippen LogP contribution in [0.2, 0.25) is 0 Å². The maximum absolute atomic E-state index is 12.5. The Kier molecular flexibility index (Phi) is 4.34. The number of aromatic nitrogens is 2. The third-order valence-electron chi connectivity index (χ3n) is 2.77. The summed E-state index contributed by atoms with van der Waals surface area (Å²) in [6, 6.07) is 7.29. The molecule has 2 rings (SSSR count). The predicted molar refractivity (Wildman–Crippen MR) is 73.9 cm³/mol. The lowest BCUT2D eigenvalue weighted by atomic mass is 9.63. The summed E-state index contributed by atoms with van der Waals surface area (Å²) in [5.74, 6) is 0.0576. The Balaban J connectivity index is 2.31. The average Bonchev–Trinajstić information content (AvgIpc) is 2.85. The van der Waals surface area contributed by atoms with Gasteiger partial charge in [-0.25, -0.2) is 0 Å². The van der Waals surface area contributed by atoms with Gasteiger partial charge in [0.15, 0.2) is 6.29 Å². The number of nitrogens with zero attached hydrogens (tertiary/aromatic N) is 2.